The second kappa shape index (κ2) is 6.21. The molecule has 104 valence electrons. The van der Waals surface area contributed by atoms with Gasteiger partial charge >= 0.3 is 5.97 Å². The minimum Gasteiger partial charge on any atom is -0.462 e. The molecule has 0 saturated heterocycles. The molecular formula is C13H12ClN3O3. The van der Waals surface area contributed by atoms with Gasteiger partial charge in [-0.2, -0.15) is 0 Å². The summed E-state index contributed by atoms with van der Waals surface area (Å²) in [5, 5.41) is 0.434. The van der Waals surface area contributed by atoms with E-state index in [2.05, 4.69) is 9.97 Å². The van der Waals surface area contributed by atoms with Crippen molar-refractivity contribution in [3.05, 3.63) is 41.3 Å². The molecular weight excluding hydrogens is 282 g/mol. The fourth-order valence-electron chi connectivity index (χ4n) is 1.46. The minimum absolute atomic E-state index is 0.200. The van der Waals surface area contributed by atoms with Gasteiger partial charge < -0.3 is 15.2 Å². The van der Waals surface area contributed by atoms with E-state index in [9.17, 15) is 4.79 Å². The van der Waals surface area contributed by atoms with Gasteiger partial charge in [0.05, 0.1) is 35.3 Å². The quantitative estimate of drug-likeness (QED) is 0.872. The van der Waals surface area contributed by atoms with Crippen molar-refractivity contribution < 1.29 is 14.3 Å². The first-order valence-electron chi connectivity index (χ1n) is 5.81. The van der Waals surface area contributed by atoms with E-state index in [0.717, 1.165) is 0 Å². The Morgan fingerprint density at radius 1 is 1.35 bits per heavy atom. The van der Waals surface area contributed by atoms with Crippen molar-refractivity contribution in [1.82, 2.24) is 9.97 Å². The minimum atomic E-state index is -0.526. The first-order chi connectivity index (χ1) is 9.60. The summed E-state index contributed by atoms with van der Waals surface area (Å²) in [5.74, 6) is 0.0809. The molecule has 0 bridgehead atoms. The van der Waals surface area contributed by atoms with E-state index in [1.165, 1.54) is 24.7 Å². The largest absolute Gasteiger partial charge is 0.462 e. The highest BCUT2D eigenvalue weighted by Gasteiger charge is 2.13. The normalized spacial score (nSPS) is 10.1. The fraction of sp³-hybridized carbons (Fsp3) is 0.154. The smallest absolute Gasteiger partial charge is 0.340 e. The lowest BCUT2D eigenvalue weighted by atomic mass is 10.2. The van der Waals surface area contributed by atoms with Gasteiger partial charge in [-0.15, -0.1) is 0 Å². The average molecular weight is 294 g/mol. The van der Waals surface area contributed by atoms with Crippen LogP contribution in [0.2, 0.25) is 5.02 Å². The van der Waals surface area contributed by atoms with Crippen molar-refractivity contribution in [2.75, 3.05) is 12.3 Å². The predicted octanol–water partition coefficient (Wildman–Crippen LogP) is 2.68. The molecule has 7 heteroatoms. The highest BCUT2D eigenvalue weighted by atomic mass is 35.5. The predicted molar refractivity (Wildman–Crippen MR) is 73.9 cm³/mol. The van der Waals surface area contributed by atoms with Crippen molar-refractivity contribution in [3.8, 4) is 11.6 Å². The maximum Gasteiger partial charge on any atom is 0.340 e. The lowest BCUT2D eigenvalue weighted by molar-refractivity contribution is 0.0527. The SMILES string of the molecule is CCOC(=O)c1cc(Oc2cncc(Cl)c2)ncc1N. The molecule has 0 atom stereocenters. The van der Waals surface area contributed by atoms with E-state index in [1.807, 2.05) is 0 Å². The van der Waals surface area contributed by atoms with Gasteiger partial charge in [-0.1, -0.05) is 11.6 Å². The van der Waals surface area contributed by atoms with Crippen LogP contribution in [0.25, 0.3) is 0 Å². The summed E-state index contributed by atoms with van der Waals surface area (Å²) >= 11 is 5.80. The highest BCUT2D eigenvalue weighted by molar-refractivity contribution is 6.30. The van der Waals surface area contributed by atoms with E-state index in [-0.39, 0.29) is 23.7 Å². The fourth-order valence-corrected chi connectivity index (χ4v) is 1.62. The van der Waals surface area contributed by atoms with E-state index in [4.69, 9.17) is 26.8 Å². The van der Waals surface area contributed by atoms with Crippen molar-refractivity contribution in [3.63, 3.8) is 0 Å². The molecule has 0 fully saturated rings. The van der Waals surface area contributed by atoms with Gasteiger partial charge in [0.15, 0.2) is 0 Å². The third kappa shape index (κ3) is 3.36. The summed E-state index contributed by atoms with van der Waals surface area (Å²) < 4.78 is 10.4. The van der Waals surface area contributed by atoms with Crippen LogP contribution >= 0.6 is 11.6 Å². The summed E-state index contributed by atoms with van der Waals surface area (Å²) in [4.78, 5) is 19.6. The van der Waals surface area contributed by atoms with Gasteiger partial charge in [0.1, 0.15) is 5.75 Å². The van der Waals surface area contributed by atoms with Crippen molar-refractivity contribution >= 4 is 23.3 Å². The van der Waals surface area contributed by atoms with Crippen LogP contribution in [0.1, 0.15) is 17.3 Å². The summed E-state index contributed by atoms with van der Waals surface area (Å²) in [6.07, 6.45) is 4.29. The van der Waals surface area contributed by atoms with Crippen molar-refractivity contribution in [1.29, 1.82) is 0 Å². The topological polar surface area (TPSA) is 87.3 Å². The van der Waals surface area contributed by atoms with E-state index >= 15 is 0 Å². The molecule has 2 heterocycles. The Balaban J connectivity index is 2.25. The standard InChI is InChI=1S/C13H12ClN3O3/c1-2-19-13(18)10-4-12(17-7-11(10)15)20-9-3-8(14)5-16-6-9/h3-7H,2,15H2,1H3. The Kier molecular flexibility index (Phi) is 4.37. The molecule has 0 aliphatic heterocycles. The van der Waals surface area contributed by atoms with Crippen molar-refractivity contribution in [2.45, 2.75) is 6.92 Å². The second-order valence-corrected chi connectivity index (χ2v) is 4.21. The number of rotatable bonds is 4. The third-order valence-corrected chi connectivity index (χ3v) is 2.51. The summed E-state index contributed by atoms with van der Waals surface area (Å²) in [6.45, 7) is 1.97. The molecule has 0 spiro atoms. The first kappa shape index (κ1) is 14.1. The number of hydrogen-bond acceptors (Lipinski definition) is 6. The van der Waals surface area contributed by atoms with Gasteiger partial charge in [0, 0.05) is 18.3 Å². The van der Waals surface area contributed by atoms with E-state index < -0.39 is 5.97 Å². The molecule has 0 aliphatic carbocycles. The number of ether oxygens (including phenoxy) is 2. The molecule has 0 aromatic carbocycles. The number of nitrogens with two attached hydrogens (primary N) is 1. The number of anilines is 1. The zero-order valence-corrected chi connectivity index (χ0v) is 11.4. The number of nitrogens with zero attached hydrogens (tertiary/aromatic N) is 2. The maximum absolute atomic E-state index is 11.7. The zero-order chi connectivity index (χ0) is 14.5. The molecule has 2 rings (SSSR count). The molecule has 0 saturated carbocycles. The number of aromatic nitrogens is 2. The van der Waals surface area contributed by atoms with Gasteiger partial charge in [-0.05, 0) is 6.92 Å². The number of carbonyl (C=O) groups excluding carboxylic acids is 1. The summed E-state index contributed by atoms with van der Waals surface area (Å²) in [7, 11) is 0. The number of nitrogen functional groups attached to an aromatic ring is 1. The monoisotopic (exact) mass is 293 g/mol. The molecule has 0 radical (unpaired) electrons. The lowest BCUT2D eigenvalue weighted by Crippen LogP contribution is -2.08. The van der Waals surface area contributed by atoms with Crippen LogP contribution in [0.15, 0.2) is 30.7 Å². The summed E-state index contributed by atoms with van der Waals surface area (Å²) in [6, 6.07) is 2.99. The van der Waals surface area contributed by atoms with Crippen LogP contribution in [-0.4, -0.2) is 22.5 Å². The molecule has 2 N–H and O–H groups in total. The Labute approximate surface area is 120 Å². The maximum atomic E-state index is 11.7. The molecule has 0 aliphatic rings. The highest BCUT2D eigenvalue weighted by Crippen LogP contribution is 2.24. The average Bonchev–Trinajstić information content (AvgIpc) is 2.41. The molecule has 2 aromatic heterocycles. The molecule has 6 nitrogen and oxygen atoms in total. The van der Waals surface area contributed by atoms with Crippen LogP contribution in [0.3, 0.4) is 0 Å². The first-order valence-corrected chi connectivity index (χ1v) is 6.19. The van der Waals surface area contributed by atoms with Crippen LogP contribution in [0.4, 0.5) is 5.69 Å². The van der Waals surface area contributed by atoms with E-state index in [0.29, 0.717) is 10.8 Å². The van der Waals surface area contributed by atoms with Crippen molar-refractivity contribution in [2.24, 2.45) is 0 Å². The number of esters is 1. The molecule has 2 aromatic rings. The van der Waals surface area contributed by atoms with E-state index in [1.54, 1.807) is 13.0 Å². The molecule has 0 amide bonds. The number of carbonyl (C=O) groups is 1. The van der Waals surface area contributed by atoms with Gasteiger partial charge in [-0.3, -0.25) is 4.98 Å². The lowest BCUT2D eigenvalue weighted by Gasteiger charge is -2.08. The third-order valence-electron chi connectivity index (χ3n) is 2.31. The second-order valence-electron chi connectivity index (χ2n) is 3.77. The Morgan fingerprint density at radius 3 is 2.85 bits per heavy atom. The van der Waals surface area contributed by atoms with Crippen LogP contribution < -0.4 is 10.5 Å². The zero-order valence-electron chi connectivity index (χ0n) is 10.7. The van der Waals surface area contributed by atoms with Crippen LogP contribution in [-0.2, 0) is 4.74 Å². The summed E-state index contributed by atoms with van der Waals surface area (Å²) in [5.41, 5.74) is 6.11. The van der Waals surface area contributed by atoms with Crippen LogP contribution in [0.5, 0.6) is 11.6 Å². The number of pyridine rings is 2. The van der Waals surface area contributed by atoms with Gasteiger partial charge in [0.25, 0.3) is 0 Å². The number of hydrogen-bond donors (Lipinski definition) is 1. The number of halogens is 1. The van der Waals surface area contributed by atoms with Crippen LogP contribution in [0, 0.1) is 0 Å². The Bertz CT molecular complexity index is 634. The van der Waals surface area contributed by atoms with Gasteiger partial charge in [0.2, 0.25) is 5.88 Å². The molecule has 0 unspecified atom stereocenters. The Hall–Kier alpha value is -2.34. The Morgan fingerprint density at radius 2 is 2.15 bits per heavy atom. The van der Waals surface area contributed by atoms with Gasteiger partial charge in [-0.25, -0.2) is 9.78 Å². The molecule has 20 heavy (non-hydrogen) atoms.